The Kier molecular flexibility index (Phi) is 17.7. The molecule has 23 heavy (non-hydrogen) atoms. The minimum atomic E-state index is -0.708. The van der Waals surface area contributed by atoms with Gasteiger partial charge in [0.25, 0.3) is 0 Å². The van der Waals surface area contributed by atoms with Gasteiger partial charge in [-0.15, -0.1) is 0 Å². The molecule has 0 aliphatic rings. The number of esters is 1. The Labute approximate surface area is 142 Å². The average Bonchev–Trinajstić information content (AvgIpc) is 2.52. The van der Waals surface area contributed by atoms with Crippen LogP contribution in [0.5, 0.6) is 0 Å². The maximum Gasteiger partial charge on any atom is 0.330 e. The van der Waals surface area contributed by atoms with E-state index in [1.54, 1.807) is 6.92 Å². The molecule has 0 spiro atoms. The number of hydrogen-bond donors (Lipinski definition) is 1. The molecule has 0 aromatic rings. The smallest absolute Gasteiger partial charge is 0.330 e. The Bertz CT molecular complexity index is 310. The van der Waals surface area contributed by atoms with E-state index in [2.05, 4.69) is 13.5 Å². The maximum absolute atomic E-state index is 10.7. The Morgan fingerprint density at radius 1 is 1.00 bits per heavy atom. The molecule has 0 bridgehead atoms. The lowest BCUT2D eigenvalue weighted by Crippen LogP contribution is -2.15. The predicted molar refractivity (Wildman–Crippen MR) is 95.4 cm³/mol. The van der Waals surface area contributed by atoms with Gasteiger partial charge in [-0.25, -0.2) is 4.79 Å². The zero-order valence-electron chi connectivity index (χ0n) is 15.5. The van der Waals surface area contributed by atoms with Crippen molar-refractivity contribution < 1.29 is 19.4 Å². The van der Waals surface area contributed by atoms with Crippen molar-refractivity contribution in [2.24, 2.45) is 11.8 Å². The third kappa shape index (κ3) is 18.6. The Balaban J connectivity index is 0. The van der Waals surface area contributed by atoms with E-state index in [0.717, 1.165) is 12.8 Å². The molecule has 0 fully saturated rings. The van der Waals surface area contributed by atoms with Crippen LogP contribution in [0.1, 0.15) is 79.1 Å². The summed E-state index contributed by atoms with van der Waals surface area (Å²) >= 11 is 0. The average molecular weight is 328 g/mol. The summed E-state index contributed by atoms with van der Waals surface area (Å²) in [7, 11) is 0. The SMILES string of the molecule is C=CC(=O)OCCCCCCCCCC.CC(C)C(C)C(=O)O. The second kappa shape index (κ2) is 17.0. The van der Waals surface area contributed by atoms with Crippen LogP contribution in [0.4, 0.5) is 0 Å². The Morgan fingerprint density at radius 3 is 1.83 bits per heavy atom. The van der Waals surface area contributed by atoms with E-state index in [1.807, 2.05) is 13.8 Å². The van der Waals surface area contributed by atoms with Crippen LogP contribution in [0.3, 0.4) is 0 Å². The van der Waals surface area contributed by atoms with E-state index >= 15 is 0 Å². The first kappa shape index (κ1) is 23.9. The van der Waals surface area contributed by atoms with Crippen LogP contribution in [0.25, 0.3) is 0 Å². The highest BCUT2D eigenvalue weighted by Crippen LogP contribution is 2.08. The van der Waals surface area contributed by atoms with Crippen molar-refractivity contribution in [1.82, 2.24) is 0 Å². The van der Waals surface area contributed by atoms with Gasteiger partial charge in [-0.05, 0) is 12.3 Å². The quantitative estimate of drug-likeness (QED) is 0.303. The molecule has 0 amide bonds. The number of carbonyl (C=O) groups is 2. The van der Waals surface area contributed by atoms with Crippen molar-refractivity contribution in [3.63, 3.8) is 0 Å². The summed E-state index contributed by atoms with van der Waals surface area (Å²) in [6.07, 6.45) is 11.3. The molecule has 0 rings (SSSR count). The molecular weight excluding hydrogens is 292 g/mol. The van der Waals surface area contributed by atoms with Crippen LogP contribution in [0.15, 0.2) is 12.7 Å². The van der Waals surface area contributed by atoms with Crippen molar-refractivity contribution in [3.8, 4) is 0 Å². The van der Waals surface area contributed by atoms with E-state index < -0.39 is 5.97 Å². The first-order chi connectivity index (χ1) is 10.9. The molecular formula is C19H36O4. The van der Waals surface area contributed by atoms with Gasteiger partial charge in [-0.3, -0.25) is 4.79 Å². The van der Waals surface area contributed by atoms with Crippen LogP contribution in [-0.4, -0.2) is 23.7 Å². The molecule has 1 N–H and O–H groups in total. The first-order valence-corrected chi connectivity index (χ1v) is 8.88. The van der Waals surface area contributed by atoms with Gasteiger partial charge < -0.3 is 9.84 Å². The lowest BCUT2D eigenvalue weighted by atomic mass is 9.99. The Hall–Kier alpha value is -1.32. The second-order valence-corrected chi connectivity index (χ2v) is 6.22. The predicted octanol–water partition coefficient (Wildman–Crippen LogP) is 5.22. The van der Waals surface area contributed by atoms with E-state index in [0.29, 0.717) is 6.61 Å². The van der Waals surface area contributed by atoms with Crippen molar-refractivity contribution in [3.05, 3.63) is 12.7 Å². The molecule has 0 saturated carbocycles. The fourth-order valence-corrected chi connectivity index (χ4v) is 1.75. The number of carbonyl (C=O) groups excluding carboxylic acids is 1. The van der Waals surface area contributed by atoms with Gasteiger partial charge in [-0.2, -0.15) is 0 Å². The molecule has 4 heteroatoms. The van der Waals surface area contributed by atoms with E-state index in [9.17, 15) is 9.59 Å². The van der Waals surface area contributed by atoms with E-state index in [1.165, 1.54) is 44.6 Å². The van der Waals surface area contributed by atoms with Crippen molar-refractivity contribution in [2.75, 3.05) is 6.61 Å². The number of rotatable bonds is 12. The van der Waals surface area contributed by atoms with Gasteiger partial charge in [-0.1, -0.05) is 79.2 Å². The molecule has 4 nitrogen and oxygen atoms in total. The normalized spacial score (nSPS) is 11.3. The standard InChI is InChI=1S/C13H24O2.C6H12O2/c1-3-5-6-7-8-9-10-11-12-15-13(14)4-2;1-4(2)5(3)6(7)8/h4H,2-3,5-12H2,1H3;4-5H,1-3H3,(H,7,8). The van der Waals surface area contributed by atoms with Gasteiger partial charge in [0.2, 0.25) is 0 Å². The molecule has 1 atom stereocenters. The number of hydrogen-bond acceptors (Lipinski definition) is 3. The first-order valence-electron chi connectivity index (χ1n) is 8.88. The molecule has 0 aliphatic carbocycles. The van der Waals surface area contributed by atoms with E-state index in [4.69, 9.17) is 9.84 Å². The molecule has 0 aliphatic heterocycles. The summed E-state index contributed by atoms with van der Waals surface area (Å²) in [5, 5.41) is 8.35. The highest BCUT2D eigenvalue weighted by atomic mass is 16.5. The summed E-state index contributed by atoms with van der Waals surface area (Å²) < 4.78 is 4.88. The number of ether oxygens (including phenoxy) is 1. The lowest BCUT2D eigenvalue weighted by Gasteiger charge is -2.07. The molecule has 136 valence electrons. The number of carboxylic acid groups (broad SMARTS) is 1. The summed E-state index contributed by atoms with van der Waals surface area (Å²) in [4.78, 5) is 20.8. The molecule has 0 heterocycles. The fraction of sp³-hybridized carbons (Fsp3) is 0.789. The summed E-state index contributed by atoms with van der Waals surface area (Å²) in [5.41, 5.74) is 0. The van der Waals surface area contributed by atoms with Gasteiger partial charge in [0.05, 0.1) is 12.5 Å². The topological polar surface area (TPSA) is 63.6 Å². The summed E-state index contributed by atoms with van der Waals surface area (Å²) in [6.45, 7) is 11.6. The third-order valence-corrected chi connectivity index (χ3v) is 3.80. The van der Waals surface area contributed by atoms with Gasteiger partial charge in [0.1, 0.15) is 0 Å². The molecule has 0 saturated heterocycles. The van der Waals surface area contributed by atoms with Crippen LogP contribution in [-0.2, 0) is 14.3 Å². The highest BCUT2D eigenvalue weighted by molar-refractivity contribution is 5.81. The minimum absolute atomic E-state index is 0.213. The van der Waals surface area contributed by atoms with Crippen molar-refractivity contribution >= 4 is 11.9 Å². The van der Waals surface area contributed by atoms with Crippen LogP contribution in [0.2, 0.25) is 0 Å². The highest BCUT2D eigenvalue weighted by Gasteiger charge is 2.13. The summed E-state index contributed by atoms with van der Waals surface area (Å²) in [6, 6.07) is 0. The molecule has 1 unspecified atom stereocenters. The minimum Gasteiger partial charge on any atom is -0.481 e. The van der Waals surface area contributed by atoms with Crippen LogP contribution < -0.4 is 0 Å². The largest absolute Gasteiger partial charge is 0.481 e. The zero-order chi connectivity index (χ0) is 18.1. The monoisotopic (exact) mass is 328 g/mol. The molecule has 0 aromatic carbocycles. The fourth-order valence-electron chi connectivity index (χ4n) is 1.75. The third-order valence-electron chi connectivity index (χ3n) is 3.80. The van der Waals surface area contributed by atoms with Gasteiger partial charge >= 0.3 is 11.9 Å². The molecule has 0 aromatic heterocycles. The second-order valence-electron chi connectivity index (χ2n) is 6.22. The number of carboxylic acids is 1. The van der Waals surface area contributed by atoms with Crippen LogP contribution >= 0.6 is 0 Å². The summed E-state index contributed by atoms with van der Waals surface area (Å²) in [5.74, 6) is -0.986. The zero-order valence-corrected chi connectivity index (χ0v) is 15.5. The molecule has 0 radical (unpaired) electrons. The maximum atomic E-state index is 10.7. The van der Waals surface area contributed by atoms with Crippen molar-refractivity contribution in [1.29, 1.82) is 0 Å². The van der Waals surface area contributed by atoms with Gasteiger partial charge in [0.15, 0.2) is 0 Å². The Morgan fingerprint density at radius 2 is 1.48 bits per heavy atom. The van der Waals surface area contributed by atoms with E-state index in [-0.39, 0.29) is 17.8 Å². The number of aliphatic carboxylic acids is 1. The van der Waals surface area contributed by atoms with Gasteiger partial charge in [0, 0.05) is 6.08 Å². The number of unbranched alkanes of at least 4 members (excludes halogenated alkanes) is 7. The lowest BCUT2D eigenvalue weighted by molar-refractivity contribution is -0.142. The van der Waals surface area contributed by atoms with Crippen molar-refractivity contribution in [2.45, 2.75) is 79.1 Å². The van der Waals surface area contributed by atoms with Crippen LogP contribution in [0, 0.1) is 11.8 Å².